The van der Waals surface area contributed by atoms with Crippen molar-refractivity contribution in [2.45, 2.75) is 45.6 Å². The molecule has 2 heteroatoms. The Bertz CT molecular complexity index is 789. The quantitative estimate of drug-likeness (QED) is 0.619. The highest BCUT2D eigenvalue weighted by Crippen LogP contribution is 2.25. The van der Waals surface area contributed by atoms with E-state index in [1.165, 1.54) is 5.56 Å². The van der Waals surface area contributed by atoms with Crippen LogP contribution in [-0.2, 0) is 6.42 Å². The second-order valence-corrected chi connectivity index (χ2v) is 7.19. The predicted molar refractivity (Wildman–Crippen MR) is 109 cm³/mol. The first kappa shape index (κ1) is 18.3. The van der Waals surface area contributed by atoms with Gasteiger partial charge in [0.25, 0.3) is 0 Å². The molecule has 0 spiro atoms. The number of ketones is 1. The van der Waals surface area contributed by atoms with Crippen molar-refractivity contribution in [2.75, 3.05) is 0 Å². The van der Waals surface area contributed by atoms with Crippen LogP contribution in [0.5, 0.6) is 0 Å². The van der Waals surface area contributed by atoms with Crippen LogP contribution in [0.25, 0.3) is 0 Å². The summed E-state index contributed by atoms with van der Waals surface area (Å²) >= 11 is 0. The van der Waals surface area contributed by atoms with Gasteiger partial charge in [0, 0.05) is 16.8 Å². The van der Waals surface area contributed by atoms with Gasteiger partial charge >= 0.3 is 0 Å². The lowest BCUT2D eigenvalue weighted by atomic mass is 9.85. The third kappa shape index (κ3) is 4.57. The van der Waals surface area contributed by atoms with Gasteiger partial charge in [-0.1, -0.05) is 80.6 Å². The number of hydrogen-bond donors (Lipinski definition) is 0. The van der Waals surface area contributed by atoms with Crippen molar-refractivity contribution in [1.29, 1.82) is 0 Å². The van der Waals surface area contributed by atoms with Crippen LogP contribution in [0.15, 0.2) is 77.3 Å². The highest BCUT2D eigenvalue weighted by Gasteiger charge is 2.24. The van der Waals surface area contributed by atoms with Gasteiger partial charge in [0.15, 0.2) is 5.78 Å². The molecule has 2 aromatic carbocycles. The largest absolute Gasteiger partial charge is 0.289 e. The average molecular weight is 345 g/mol. The minimum atomic E-state index is 0.103. The zero-order valence-electron chi connectivity index (χ0n) is 15.7. The zero-order chi connectivity index (χ0) is 18.4. The Kier molecular flexibility index (Phi) is 6.17. The molecule has 2 aromatic rings. The van der Waals surface area contributed by atoms with Gasteiger partial charge in [0.1, 0.15) is 0 Å². The summed E-state index contributed by atoms with van der Waals surface area (Å²) < 4.78 is 0. The Morgan fingerprint density at radius 1 is 1.08 bits per heavy atom. The Labute approximate surface area is 156 Å². The number of carbonyl (C=O) groups is 1. The molecule has 0 bridgehead atoms. The first-order valence-electron chi connectivity index (χ1n) is 9.58. The molecule has 26 heavy (non-hydrogen) atoms. The molecule has 2 atom stereocenters. The monoisotopic (exact) mass is 345 g/mol. The fraction of sp³-hybridized carbons (Fsp3) is 0.333. The molecule has 2 unspecified atom stereocenters. The number of rotatable bonds is 6. The third-order valence-corrected chi connectivity index (χ3v) is 4.98. The van der Waals surface area contributed by atoms with Crippen molar-refractivity contribution >= 4 is 11.5 Å². The number of allylic oxidation sites excluding steroid dienone is 2. The Morgan fingerprint density at radius 3 is 2.38 bits per heavy atom. The van der Waals surface area contributed by atoms with Gasteiger partial charge in [-0.3, -0.25) is 9.79 Å². The Hall–Kier alpha value is -2.48. The van der Waals surface area contributed by atoms with E-state index < -0.39 is 0 Å². The highest BCUT2D eigenvalue weighted by molar-refractivity contribution is 6.28. The number of Topliss-reactive ketones (excluding diaryl/α,β-unsaturated/α-hetero) is 1. The molecule has 0 saturated carbocycles. The van der Waals surface area contributed by atoms with E-state index in [9.17, 15) is 4.79 Å². The van der Waals surface area contributed by atoms with Crippen molar-refractivity contribution in [3.63, 3.8) is 0 Å². The number of nitrogens with zero attached hydrogens (tertiary/aromatic N) is 1. The van der Waals surface area contributed by atoms with E-state index >= 15 is 0 Å². The summed E-state index contributed by atoms with van der Waals surface area (Å²) in [6.45, 7) is 4.40. The van der Waals surface area contributed by atoms with E-state index in [4.69, 9.17) is 4.99 Å². The van der Waals surface area contributed by atoms with E-state index in [0.717, 1.165) is 42.5 Å². The van der Waals surface area contributed by atoms with Crippen molar-refractivity contribution in [3.05, 3.63) is 83.4 Å². The van der Waals surface area contributed by atoms with Crippen LogP contribution in [0.4, 0.5) is 0 Å². The van der Waals surface area contributed by atoms with E-state index in [2.05, 4.69) is 44.2 Å². The average Bonchev–Trinajstić information content (AvgIpc) is 2.68. The predicted octanol–water partition coefficient (Wildman–Crippen LogP) is 5.69. The molecule has 0 amide bonds. The van der Waals surface area contributed by atoms with E-state index in [0.29, 0.717) is 5.92 Å². The topological polar surface area (TPSA) is 29.4 Å². The van der Waals surface area contributed by atoms with Crippen molar-refractivity contribution in [1.82, 2.24) is 0 Å². The SMILES string of the molecule is CCC(Cc1ccccc1)N=C1CC(C)CC=C1C(=O)c1ccccc1. The summed E-state index contributed by atoms with van der Waals surface area (Å²) in [5.41, 5.74) is 3.84. The molecule has 0 N–H and O–H groups in total. The lowest BCUT2D eigenvalue weighted by molar-refractivity contribution is 0.103. The Balaban J connectivity index is 1.86. The Morgan fingerprint density at radius 2 is 1.73 bits per heavy atom. The lowest BCUT2D eigenvalue weighted by Gasteiger charge is -2.22. The molecule has 2 nitrogen and oxygen atoms in total. The molecule has 0 saturated heterocycles. The van der Waals surface area contributed by atoms with Gasteiger partial charge < -0.3 is 0 Å². The second-order valence-electron chi connectivity index (χ2n) is 7.19. The molecule has 0 fully saturated rings. The molecule has 0 radical (unpaired) electrons. The van der Waals surface area contributed by atoms with Gasteiger partial charge in [-0.15, -0.1) is 0 Å². The van der Waals surface area contributed by atoms with Crippen molar-refractivity contribution < 1.29 is 4.79 Å². The van der Waals surface area contributed by atoms with Gasteiger partial charge in [0.05, 0.1) is 6.04 Å². The molecular weight excluding hydrogens is 318 g/mol. The number of carbonyl (C=O) groups excluding carboxylic acids is 1. The van der Waals surface area contributed by atoms with Crippen LogP contribution in [0.3, 0.4) is 0 Å². The van der Waals surface area contributed by atoms with Crippen LogP contribution in [0.2, 0.25) is 0 Å². The molecule has 1 aliphatic carbocycles. The summed E-state index contributed by atoms with van der Waals surface area (Å²) in [5, 5.41) is 0. The zero-order valence-corrected chi connectivity index (χ0v) is 15.7. The molecule has 1 aliphatic rings. The maximum absolute atomic E-state index is 13.0. The summed E-state index contributed by atoms with van der Waals surface area (Å²) in [7, 11) is 0. The van der Waals surface area contributed by atoms with Gasteiger partial charge in [-0.2, -0.15) is 0 Å². The first-order chi connectivity index (χ1) is 12.7. The van der Waals surface area contributed by atoms with E-state index in [1.807, 2.05) is 36.4 Å². The standard InChI is InChI=1S/C24H27NO/c1-3-21(17-19-10-6-4-7-11-19)25-23-16-18(2)14-15-22(23)24(26)20-12-8-5-9-13-20/h4-13,15,18,21H,3,14,16-17H2,1-2H3. The summed E-state index contributed by atoms with van der Waals surface area (Å²) in [6.07, 6.45) is 5.82. The number of benzene rings is 2. The third-order valence-electron chi connectivity index (χ3n) is 4.98. The summed E-state index contributed by atoms with van der Waals surface area (Å²) in [5.74, 6) is 0.640. The van der Waals surface area contributed by atoms with Crippen molar-refractivity contribution in [3.8, 4) is 0 Å². The number of hydrogen-bond acceptors (Lipinski definition) is 2. The normalized spacial score (nSPS) is 19.8. The lowest BCUT2D eigenvalue weighted by Crippen LogP contribution is -2.23. The van der Waals surface area contributed by atoms with E-state index in [-0.39, 0.29) is 11.8 Å². The summed E-state index contributed by atoms with van der Waals surface area (Å²) in [6, 6.07) is 20.3. The van der Waals surface area contributed by atoms with Gasteiger partial charge in [-0.25, -0.2) is 0 Å². The van der Waals surface area contributed by atoms with Gasteiger partial charge in [-0.05, 0) is 37.2 Å². The minimum Gasteiger partial charge on any atom is -0.289 e. The molecule has 0 heterocycles. The maximum atomic E-state index is 13.0. The number of aliphatic imine (C=N–C) groups is 1. The van der Waals surface area contributed by atoms with Crippen LogP contribution < -0.4 is 0 Å². The van der Waals surface area contributed by atoms with Gasteiger partial charge in [0.2, 0.25) is 0 Å². The maximum Gasteiger partial charge on any atom is 0.194 e. The summed E-state index contributed by atoms with van der Waals surface area (Å²) in [4.78, 5) is 18.1. The molecule has 0 aromatic heterocycles. The fourth-order valence-electron chi connectivity index (χ4n) is 3.44. The first-order valence-corrected chi connectivity index (χ1v) is 9.58. The highest BCUT2D eigenvalue weighted by atomic mass is 16.1. The van der Waals surface area contributed by atoms with Crippen LogP contribution in [-0.4, -0.2) is 17.5 Å². The molecule has 134 valence electrons. The molecular formula is C24H27NO. The molecule has 0 aliphatic heterocycles. The second kappa shape index (κ2) is 8.75. The van der Waals surface area contributed by atoms with Crippen LogP contribution in [0.1, 0.15) is 49.0 Å². The van der Waals surface area contributed by atoms with Crippen LogP contribution >= 0.6 is 0 Å². The van der Waals surface area contributed by atoms with E-state index in [1.54, 1.807) is 0 Å². The smallest absolute Gasteiger partial charge is 0.194 e. The van der Waals surface area contributed by atoms with Crippen molar-refractivity contribution in [2.24, 2.45) is 10.9 Å². The molecule has 3 rings (SSSR count). The van der Waals surface area contributed by atoms with Crippen LogP contribution in [0, 0.1) is 5.92 Å². The fourth-order valence-corrected chi connectivity index (χ4v) is 3.44. The minimum absolute atomic E-state index is 0.103.